The minimum atomic E-state index is 0.161. The van der Waals surface area contributed by atoms with Crippen LogP contribution in [-0.2, 0) is 11.2 Å². The second-order valence-corrected chi connectivity index (χ2v) is 4.28. The molecule has 0 N–H and O–H groups in total. The molecule has 1 saturated carbocycles. The predicted molar refractivity (Wildman–Crippen MR) is 46.3 cm³/mol. The van der Waals surface area contributed by atoms with E-state index in [0.717, 1.165) is 10.0 Å². The van der Waals surface area contributed by atoms with Crippen LogP contribution >= 0.6 is 11.3 Å². The molecule has 3 nitrogen and oxygen atoms in total. The van der Waals surface area contributed by atoms with Crippen LogP contribution in [0.1, 0.15) is 35.7 Å². The van der Waals surface area contributed by atoms with Gasteiger partial charge in [0.1, 0.15) is 15.8 Å². The highest BCUT2D eigenvalue weighted by atomic mass is 32.1. The van der Waals surface area contributed by atoms with Crippen molar-refractivity contribution in [3.05, 3.63) is 10.0 Å². The van der Waals surface area contributed by atoms with Gasteiger partial charge in [-0.1, -0.05) is 0 Å². The van der Waals surface area contributed by atoms with Gasteiger partial charge in [-0.2, -0.15) is 0 Å². The highest BCUT2D eigenvalue weighted by Gasteiger charge is 2.27. The van der Waals surface area contributed by atoms with Gasteiger partial charge in [0.2, 0.25) is 0 Å². The molecular formula is C8H10N2OS. The SMILES string of the molecule is CC(=O)Cc1nnc(C2CC2)s1. The van der Waals surface area contributed by atoms with E-state index in [2.05, 4.69) is 10.2 Å². The van der Waals surface area contributed by atoms with Crippen LogP contribution in [0.3, 0.4) is 0 Å². The molecule has 0 aromatic carbocycles. The Labute approximate surface area is 74.8 Å². The third-order valence-electron chi connectivity index (χ3n) is 1.81. The molecule has 2 rings (SSSR count). The number of hydrogen-bond acceptors (Lipinski definition) is 4. The summed E-state index contributed by atoms with van der Waals surface area (Å²) >= 11 is 1.59. The summed E-state index contributed by atoms with van der Waals surface area (Å²) in [5.74, 6) is 0.816. The number of nitrogens with zero attached hydrogens (tertiary/aromatic N) is 2. The lowest BCUT2D eigenvalue weighted by Gasteiger charge is -1.85. The zero-order valence-corrected chi connectivity index (χ0v) is 7.73. The lowest BCUT2D eigenvalue weighted by Crippen LogP contribution is -1.94. The maximum absolute atomic E-state index is 10.7. The fourth-order valence-corrected chi connectivity index (χ4v) is 2.13. The number of Topliss-reactive ketones (excluding diaryl/α,β-unsaturated/α-hetero) is 1. The topological polar surface area (TPSA) is 42.9 Å². The van der Waals surface area contributed by atoms with Gasteiger partial charge >= 0.3 is 0 Å². The van der Waals surface area contributed by atoms with Crippen LogP contribution in [0.2, 0.25) is 0 Å². The second kappa shape index (κ2) is 2.94. The van der Waals surface area contributed by atoms with E-state index in [1.54, 1.807) is 18.3 Å². The lowest BCUT2D eigenvalue weighted by atomic mass is 10.3. The Hall–Kier alpha value is -0.770. The number of aromatic nitrogens is 2. The molecule has 0 bridgehead atoms. The molecule has 0 unspecified atom stereocenters. The van der Waals surface area contributed by atoms with Gasteiger partial charge in [-0.3, -0.25) is 4.79 Å². The van der Waals surface area contributed by atoms with Gasteiger partial charge in [0, 0.05) is 5.92 Å². The summed E-state index contributed by atoms with van der Waals surface area (Å²) in [5.41, 5.74) is 0. The Balaban J connectivity index is 2.07. The van der Waals surface area contributed by atoms with E-state index in [9.17, 15) is 4.79 Å². The maximum Gasteiger partial charge on any atom is 0.136 e. The van der Waals surface area contributed by atoms with Crippen molar-refractivity contribution < 1.29 is 4.79 Å². The molecule has 1 aromatic rings. The van der Waals surface area contributed by atoms with Crippen molar-refractivity contribution in [3.63, 3.8) is 0 Å². The first kappa shape index (κ1) is 7.86. The quantitative estimate of drug-likeness (QED) is 0.712. The van der Waals surface area contributed by atoms with Crippen molar-refractivity contribution >= 4 is 17.1 Å². The van der Waals surface area contributed by atoms with Crippen molar-refractivity contribution in [2.24, 2.45) is 0 Å². The zero-order valence-electron chi connectivity index (χ0n) is 6.91. The molecule has 1 aromatic heterocycles. The molecule has 0 saturated heterocycles. The number of hydrogen-bond donors (Lipinski definition) is 0. The molecule has 1 fully saturated rings. The molecule has 1 aliphatic carbocycles. The van der Waals surface area contributed by atoms with Crippen molar-refractivity contribution in [2.45, 2.75) is 32.1 Å². The third-order valence-corrected chi connectivity index (χ3v) is 2.89. The Bertz CT molecular complexity index is 304. The molecule has 4 heteroatoms. The molecule has 64 valence electrons. The molecule has 0 radical (unpaired) electrons. The van der Waals surface area contributed by atoms with E-state index in [4.69, 9.17) is 0 Å². The normalized spacial score (nSPS) is 16.4. The Morgan fingerprint density at radius 3 is 2.92 bits per heavy atom. The average molecular weight is 182 g/mol. The van der Waals surface area contributed by atoms with Gasteiger partial charge in [-0.25, -0.2) is 0 Å². The fraction of sp³-hybridized carbons (Fsp3) is 0.625. The molecule has 0 aliphatic heterocycles. The van der Waals surface area contributed by atoms with Crippen molar-refractivity contribution in [1.29, 1.82) is 0 Å². The van der Waals surface area contributed by atoms with Gasteiger partial charge < -0.3 is 0 Å². The number of rotatable bonds is 3. The fourth-order valence-electron chi connectivity index (χ4n) is 1.05. The van der Waals surface area contributed by atoms with Crippen LogP contribution in [0.4, 0.5) is 0 Å². The van der Waals surface area contributed by atoms with Gasteiger partial charge in [0.05, 0.1) is 6.42 Å². The summed E-state index contributed by atoms with van der Waals surface area (Å²) in [4.78, 5) is 10.7. The molecule has 1 heterocycles. The zero-order chi connectivity index (χ0) is 8.55. The monoisotopic (exact) mass is 182 g/mol. The highest BCUT2D eigenvalue weighted by Crippen LogP contribution is 2.41. The van der Waals surface area contributed by atoms with Crippen molar-refractivity contribution in [1.82, 2.24) is 10.2 Å². The summed E-state index contributed by atoms with van der Waals surface area (Å²) < 4.78 is 0. The summed E-state index contributed by atoms with van der Waals surface area (Å²) in [6.45, 7) is 1.58. The van der Waals surface area contributed by atoms with E-state index in [1.807, 2.05) is 0 Å². The Kier molecular flexibility index (Phi) is 1.92. The summed E-state index contributed by atoms with van der Waals surface area (Å²) in [6.07, 6.45) is 2.94. The van der Waals surface area contributed by atoms with Crippen LogP contribution in [0.5, 0.6) is 0 Å². The molecular weight excluding hydrogens is 172 g/mol. The van der Waals surface area contributed by atoms with E-state index in [0.29, 0.717) is 12.3 Å². The lowest BCUT2D eigenvalue weighted by molar-refractivity contribution is -0.116. The molecule has 0 atom stereocenters. The van der Waals surface area contributed by atoms with Crippen LogP contribution < -0.4 is 0 Å². The molecule has 1 aliphatic rings. The largest absolute Gasteiger partial charge is 0.300 e. The van der Waals surface area contributed by atoms with E-state index in [1.165, 1.54) is 12.8 Å². The van der Waals surface area contributed by atoms with Gasteiger partial charge in [-0.05, 0) is 19.8 Å². The van der Waals surface area contributed by atoms with Gasteiger partial charge in [0.25, 0.3) is 0 Å². The molecule has 0 spiro atoms. The van der Waals surface area contributed by atoms with E-state index < -0.39 is 0 Å². The molecule has 0 amide bonds. The van der Waals surface area contributed by atoms with Crippen LogP contribution in [-0.4, -0.2) is 16.0 Å². The first-order valence-corrected chi connectivity index (χ1v) is 4.89. The first-order chi connectivity index (χ1) is 5.75. The Morgan fingerprint density at radius 1 is 1.58 bits per heavy atom. The number of ketones is 1. The van der Waals surface area contributed by atoms with Gasteiger partial charge in [-0.15, -0.1) is 21.5 Å². The summed E-state index contributed by atoms with van der Waals surface area (Å²) in [6, 6.07) is 0. The van der Waals surface area contributed by atoms with E-state index >= 15 is 0 Å². The van der Waals surface area contributed by atoms with Crippen LogP contribution in [0.15, 0.2) is 0 Å². The first-order valence-electron chi connectivity index (χ1n) is 4.07. The van der Waals surface area contributed by atoms with Crippen LogP contribution in [0.25, 0.3) is 0 Å². The number of carbonyl (C=O) groups excluding carboxylic acids is 1. The van der Waals surface area contributed by atoms with Gasteiger partial charge in [0.15, 0.2) is 0 Å². The standard InChI is InChI=1S/C8H10N2OS/c1-5(11)4-7-9-10-8(12-7)6-2-3-6/h6H,2-4H2,1H3. The average Bonchev–Trinajstić information content (AvgIpc) is 2.73. The third kappa shape index (κ3) is 1.69. The van der Waals surface area contributed by atoms with Crippen LogP contribution in [0, 0.1) is 0 Å². The smallest absolute Gasteiger partial charge is 0.136 e. The molecule has 12 heavy (non-hydrogen) atoms. The predicted octanol–water partition coefficient (Wildman–Crippen LogP) is 1.55. The van der Waals surface area contributed by atoms with Crippen molar-refractivity contribution in [3.8, 4) is 0 Å². The summed E-state index contributed by atoms with van der Waals surface area (Å²) in [7, 11) is 0. The Morgan fingerprint density at radius 2 is 2.33 bits per heavy atom. The second-order valence-electron chi connectivity index (χ2n) is 3.19. The van der Waals surface area contributed by atoms with Crippen molar-refractivity contribution in [2.75, 3.05) is 0 Å². The minimum absolute atomic E-state index is 0.161. The number of carbonyl (C=O) groups is 1. The highest BCUT2D eigenvalue weighted by molar-refractivity contribution is 7.11. The van der Waals surface area contributed by atoms with E-state index in [-0.39, 0.29) is 5.78 Å². The maximum atomic E-state index is 10.7. The summed E-state index contributed by atoms with van der Waals surface area (Å²) in [5, 5.41) is 9.99. The minimum Gasteiger partial charge on any atom is -0.300 e.